The fourth-order valence-corrected chi connectivity index (χ4v) is 9.98. The molecule has 2 aliphatic heterocycles. The molecule has 0 aromatic carbocycles. The molecule has 0 spiro atoms. The zero-order valence-electron chi connectivity index (χ0n) is 21.8. The molecular weight excluding hydrogens is 637 g/mol. The van der Waals surface area contributed by atoms with E-state index in [0.717, 1.165) is 0 Å². The molecule has 3 fully saturated rings. The number of piperidine rings is 1. The Labute approximate surface area is 256 Å². The first-order valence-electron chi connectivity index (χ1n) is 12.3. The molecular formula is C24H28Cl6N4O5. The van der Waals surface area contributed by atoms with Gasteiger partial charge in [-0.1, -0.05) is 46.4 Å². The Balaban J connectivity index is 1.38. The first kappa shape index (κ1) is 31.0. The first-order valence-corrected chi connectivity index (χ1v) is 14.5. The quantitative estimate of drug-likeness (QED) is 0.342. The standard InChI is InChI=1S/C24H28Cl6N4O5/c1-10(35)34-20(2,3)8-11(9-21(34,4)5)31-12(36)6-7-13(37)32-33-18(38)14-15(19(33)39)23(28)17(26)16(25)22(14,27)24(23,29)30/h11,14-15H,6-9H2,1-5H3,(H,31,36)(H,32,37). The van der Waals surface area contributed by atoms with E-state index in [0.29, 0.717) is 17.9 Å². The van der Waals surface area contributed by atoms with Crippen LogP contribution < -0.4 is 10.7 Å². The normalized spacial score (nSPS) is 34.4. The number of allylic oxidation sites excluding steroid dienone is 2. The summed E-state index contributed by atoms with van der Waals surface area (Å²) in [4.78, 5) is 61.8. The number of rotatable bonds is 5. The van der Waals surface area contributed by atoms with E-state index < -0.39 is 54.7 Å². The van der Waals surface area contributed by atoms with Crippen LogP contribution in [0.25, 0.3) is 0 Å². The fourth-order valence-electron chi connectivity index (χ4n) is 7.05. The van der Waals surface area contributed by atoms with Gasteiger partial charge < -0.3 is 10.2 Å². The Kier molecular flexibility index (Phi) is 7.57. The second-order valence-corrected chi connectivity index (χ2v) is 15.1. The third kappa shape index (κ3) is 4.20. The molecule has 0 aromatic heterocycles. The molecule has 2 bridgehead atoms. The number of nitrogens with zero attached hydrogens (tertiary/aromatic N) is 2. The number of hydrogen-bond acceptors (Lipinski definition) is 5. The van der Waals surface area contributed by atoms with Gasteiger partial charge in [0.25, 0.3) is 11.8 Å². The van der Waals surface area contributed by atoms with Crippen LogP contribution in [0.2, 0.25) is 0 Å². The van der Waals surface area contributed by atoms with Gasteiger partial charge in [0.1, 0.15) is 9.75 Å². The number of carbonyl (C=O) groups excluding carboxylic acids is 5. The summed E-state index contributed by atoms with van der Waals surface area (Å²) in [5, 5.41) is 2.97. The zero-order valence-corrected chi connectivity index (χ0v) is 26.3. The lowest BCUT2D eigenvalue weighted by Crippen LogP contribution is -2.65. The second-order valence-electron chi connectivity index (χ2n) is 11.8. The molecule has 15 heteroatoms. The van der Waals surface area contributed by atoms with E-state index in [1.54, 1.807) is 0 Å². The molecule has 2 aliphatic carbocycles. The number of likely N-dealkylation sites (tertiary alicyclic amines) is 1. The van der Waals surface area contributed by atoms with Crippen molar-refractivity contribution in [2.75, 3.05) is 0 Å². The molecule has 9 nitrogen and oxygen atoms in total. The van der Waals surface area contributed by atoms with Gasteiger partial charge in [-0.3, -0.25) is 29.4 Å². The lowest BCUT2D eigenvalue weighted by atomic mass is 9.77. The summed E-state index contributed by atoms with van der Waals surface area (Å²) in [6, 6.07) is -0.217. The van der Waals surface area contributed by atoms with Crippen LogP contribution in [0.1, 0.15) is 60.3 Å². The molecule has 4 rings (SSSR count). The molecule has 0 aromatic rings. The van der Waals surface area contributed by atoms with Crippen LogP contribution in [-0.4, -0.2) is 70.6 Å². The van der Waals surface area contributed by atoms with Crippen LogP contribution in [0.15, 0.2) is 10.1 Å². The van der Waals surface area contributed by atoms with E-state index in [2.05, 4.69) is 10.7 Å². The van der Waals surface area contributed by atoms with Crippen LogP contribution in [0.5, 0.6) is 0 Å². The van der Waals surface area contributed by atoms with Crippen molar-refractivity contribution < 1.29 is 24.0 Å². The van der Waals surface area contributed by atoms with Crippen LogP contribution in [0, 0.1) is 11.8 Å². The topological polar surface area (TPSA) is 116 Å². The van der Waals surface area contributed by atoms with Crippen molar-refractivity contribution >= 4 is 99.1 Å². The molecule has 4 atom stereocenters. The Hall–Kier alpha value is -0.970. The third-order valence-corrected chi connectivity index (χ3v) is 12.4. The maximum atomic E-state index is 13.2. The SMILES string of the molecule is CC(=O)N1C(C)(C)CC(NC(=O)CCC(=O)NN2C(=O)C3C(C2=O)C2(Cl)C(Cl)=C(Cl)C3(Cl)C2(Cl)Cl)CC1(C)C. The minimum Gasteiger partial charge on any atom is -0.353 e. The molecule has 39 heavy (non-hydrogen) atoms. The number of fused-ring (bicyclic) bond motifs is 5. The molecule has 5 amide bonds. The van der Waals surface area contributed by atoms with Gasteiger partial charge >= 0.3 is 0 Å². The molecule has 4 unspecified atom stereocenters. The summed E-state index contributed by atoms with van der Waals surface area (Å²) in [5.74, 6) is -5.71. The summed E-state index contributed by atoms with van der Waals surface area (Å²) in [7, 11) is 0. The fraction of sp³-hybridized carbons (Fsp3) is 0.708. The largest absolute Gasteiger partial charge is 0.353 e. The number of nitrogens with one attached hydrogen (secondary N) is 2. The summed E-state index contributed by atoms with van der Waals surface area (Å²) in [6.07, 6.45) is 0.558. The minimum absolute atomic E-state index is 0.0436. The lowest BCUT2D eigenvalue weighted by molar-refractivity contribution is -0.149. The van der Waals surface area contributed by atoms with Gasteiger partial charge in [-0.15, -0.1) is 23.2 Å². The van der Waals surface area contributed by atoms with Gasteiger partial charge in [-0.25, -0.2) is 0 Å². The van der Waals surface area contributed by atoms with E-state index in [1.807, 2.05) is 32.6 Å². The van der Waals surface area contributed by atoms with Crippen LogP contribution in [-0.2, 0) is 24.0 Å². The van der Waals surface area contributed by atoms with Crippen LogP contribution in [0.4, 0.5) is 0 Å². The maximum absolute atomic E-state index is 13.2. The molecule has 2 saturated heterocycles. The highest BCUT2D eigenvalue weighted by molar-refractivity contribution is 6.66. The number of hydrogen-bond donors (Lipinski definition) is 2. The summed E-state index contributed by atoms with van der Waals surface area (Å²) in [5.41, 5.74) is 1.26. The van der Waals surface area contributed by atoms with E-state index in [4.69, 9.17) is 69.6 Å². The van der Waals surface area contributed by atoms with Crippen LogP contribution in [0.3, 0.4) is 0 Å². The number of hydrazine groups is 1. The smallest absolute Gasteiger partial charge is 0.254 e. The Bertz CT molecular complexity index is 1160. The average Bonchev–Trinajstić information content (AvgIpc) is 3.14. The second kappa shape index (κ2) is 9.53. The summed E-state index contributed by atoms with van der Waals surface area (Å²) >= 11 is 38.7. The monoisotopic (exact) mass is 662 g/mol. The van der Waals surface area contributed by atoms with E-state index in [9.17, 15) is 24.0 Å². The molecule has 0 radical (unpaired) electrons. The molecule has 216 valence electrons. The highest BCUT2D eigenvalue weighted by Gasteiger charge is 2.87. The Morgan fingerprint density at radius 1 is 0.821 bits per heavy atom. The van der Waals surface area contributed by atoms with Crippen molar-refractivity contribution in [1.29, 1.82) is 0 Å². The van der Waals surface area contributed by atoms with E-state index in [1.165, 1.54) is 6.92 Å². The number of amides is 5. The Morgan fingerprint density at radius 2 is 1.23 bits per heavy atom. The van der Waals surface area contributed by atoms with Gasteiger partial charge in [0.2, 0.25) is 17.7 Å². The van der Waals surface area contributed by atoms with Gasteiger partial charge in [0, 0.05) is 36.9 Å². The van der Waals surface area contributed by atoms with Crippen molar-refractivity contribution in [1.82, 2.24) is 20.7 Å². The number of alkyl halides is 4. The minimum atomic E-state index is -2.07. The van der Waals surface area contributed by atoms with E-state index >= 15 is 0 Å². The van der Waals surface area contributed by atoms with Gasteiger partial charge in [0.05, 0.1) is 21.9 Å². The van der Waals surface area contributed by atoms with Crippen molar-refractivity contribution in [2.45, 2.75) is 91.5 Å². The van der Waals surface area contributed by atoms with Crippen LogP contribution >= 0.6 is 69.6 Å². The molecule has 4 aliphatic rings. The number of carbonyl (C=O) groups is 5. The predicted octanol–water partition coefficient (Wildman–Crippen LogP) is 3.93. The molecule has 1 saturated carbocycles. The maximum Gasteiger partial charge on any atom is 0.254 e. The highest BCUT2D eigenvalue weighted by atomic mass is 35.5. The molecule has 2 heterocycles. The number of imide groups is 1. The van der Waals surface area contributed by atoms with Crippen molar-refractivity contribution in [3.8, 4) is 0 Å². The third-order valence-electron chi connectivity index (χ3n) is 8.11. The van der Waals surface area contributed by atoms with Gasteiger partial charge in [-0.2, -0.15) is 5.01 Å². The van der Waals surface area contributed by atoms with Crippen molar-refractivity contribution in [2.24, 2.45) is 11.8 Å². The van der Waals surface area contributed by atoms with Gasteiger partial charge in [0.15, 0.2) is 4.33 Å². The number of halogens is 6. The Morgan fingerprint density at radius 3 is 1.64 bits per heavy atom. The average molecular weight is 665 g/mol. The first-order chi connectivity index (χ1) is 17.7. The van der Waals surface area contributed by atoms with Gasteiger partial charge in [-0.05, 0) is 40.5 Å². The van der Waals surface area contributed by atoms with Crippen molar-refractivity contribution in [3.05, 3.63) is 10.1 Å². The summed E-state index contributed by atoms with van der Waals surface area (Å²) < 4.78 is -2.07. The van der Waals surface area contributed by atoms with E-state index in [-0.39, 0.29) is 40.8 Å². The van der Waals surface area contributed by atoms with Crippen molar-refractivity contribution in [3.63, 3.8) is 0 Å². The molecule has 2 N–H and O–H groups in total. The summed E-state index contributed by atoms with van der Waals surface area (Å²) in [6.45, 7) is 9.29. The predicted molar refractivity (Wildman–Crippen MR) is 148 cm³/mol. The zero-order chi connectivity index (χ0) is 29.7. The highest BCUT2D eigenvalue weighted by Crippen LogP contribution is 2.77. The lowest BCUT2D eigenvalue weighted by Gasteiger charge is -2.55.